The molecule has 0 aliphatic carbocycles. The lowest BCUT2D eigenvalue weighted by molar-refractivity contribution is 0.114. The molecule has 6 heteroatoms. The summed E-state index contributed by atoms with van der Waals surface area (Å²) < 4.78 is 25.1. The van der Waals surface area contributed by atoms with Gasteiger partial charge in [-0.1, -0.05) is 11.6 Å². The molecule has 1 saturated heterocycles. The zero-order chi connectivity index (χ0) is 14.8. The molecule has 2 unspecified atom stereocenters. The van der Waals surface area contributed by atoms with E-state index >= 15 is 0 Å². The second kappa shape index (κ2) is 6.03. The van der Waals surface area contributed by atoms with Crippen LogP contribution in [-0.4, -0.2) is 18.1 Å². The van der Waals surface area contributed by atoms with Gasteiger partial charge in [0.15, 0.2) is 6.10 Å². The Kier molecular flexibility index (Phi) is 4.12. The summed E-state index contributed by atoms with van der Waals surface area (Å²) in [5.41, 5.74) is 0.488. The largest absolute Gasteiger partial charge is 0.479 e. The Morgan fingerprint density at radius 1 is 1.52 bits per heavy atom. The van der Waals surface area contributed by atoms with Crippen LogP contribution in [0.4, 0.5) is 4.39 Å². The fraction of sp³-hybridized carbons (Fsp3) is 0.400. The van der Waals surface area contributed by atoms with Crippen LogP contribution in [0.5, 0.6) is 5.75 Å². The first-order valence-corrected chi connectivity index (χ1v) is 7.25. The molecule has 0 saturated carbocycles. The summed E-state index contributed by atoms with van der Waals surface area (Å²) in [6.45, 7) is 3.39. The number of halogens is 2. The van der Waals surface area contributed by atoms with Crippen LogP contribution in [0.15, 0.2) is 29.0 Å². The van der Waals surface area contributed by atoms with Crippen LogP contribution in [0.25, 0.3) is 0 Å². The molecular weight excluding hydrogens is 295 g/mol. The molecule has 0 bridgehead atoms. The number of aromatic nitrogens is 1. The van der Waals surface area contributed by atoms with Crippen molar-refractivity contribution in [1.29, 1.82) is 0 Å². The van der Waals surface area contributed by atoms with Gasteiger partial charge in [-0.25, -0.2) is 9.37 Å². The van der Waals surface area contributed by atoms with Crippen LogP contribution in [0, 0.1) is 18.7 Å². The topological polar surface area (TPSA) is 47.3 Å². The van der Waals surface area contributed by atoms with Gasteiger partial charge >= 0.3 is 0 Å². The summed E-state index contributed by atoms with van der Waals surface area (Å²) >= 11 is 6.16. The molecule has 2 heterocycles. The van der Waals surface area contributed by atoms with Crippen molar-refractivity contribution < 1.29 is 13.5 Å². The number of benzene rings is 1. The number of nitrogens with zero attached hydrogens (tertiary/aromatic N) is 1. The van der Waals surface area contributed by atoms with E-state index in [1.807, 2.05) is 0 Å². The lowest BCUT2D eigenvalue weighted by atomic mass is 10.0. The van der Waals surface area contributed by atoms with Crippen LogP contribution in [0.2, 0.25) is 5.02 Å². The Bertz CT molecular complexity index is 612. The maximum absolute atomic E-state index is 13.7. The highest BCUT2D eigenvalue weighted by molar-refractivity contribution is 6.32. The van der Waals surface area contributed by atoms with E-state index in [1.54, 1.807) is 19.2 Å². The van der Waals surface area contributed by atoms with E-state index in [-0.39, 0.29) is 17.8 Å². The molecule has 3 rings (SSSR count). The number of hydrogen-bond donors (Lipinski definition) is 1. The molecule has 4 nitrogen and oxygen atoms in total. The lowest BCUT2D eigenvalue weighted by Crippen LogP contribution is -2.22. The SMILES string of the molecule is Cc1cc(Cl)c(OC(c2ncco2)C2CCNC2)cc1F. The molecule has 1 aliphatic rings. The van der Waals surface area contributed by atoms with Gasteiger partial charge in [0.2, 0.25) is 5.89 Å². The van der Waals surface area contributed by atoms with Crippen LogP contribution in [0.3, 0.4) is 0 Å². The van der Waals surface area contributed by atoms with E-state index in [4.69, 9.17) is 20.8 Å². The minimum atomic E-state index is -0.380. The van der Waals surface area contributed by atoms with Gasteiger partial charge in [-0.2, -0.15) is 0 Å². The van der Waals surface area contributed by atoms with Gasteiger partial charge < -0.3 is 14.5 Å². The van der Waals surface area contributed by atoms with Gasteiger partial charge in [-0.05, 0) is 31.5 Å². The Labute approximate surface area is 127 Å². The van der Waals surface area contributed by atoms with Gasteiger partial charge in [0.25, 0.3) is 0 Å². The van der Waals surface area contributed by atoms with Crippen molar-refractivity contribution >= 4 is 11.6 Å². The van der Waals surface area contributed by atoms with Gasteiger partial charge in [0, 0.05) is 18.5 Å². The predicted octanol–water partition coefficient (Wildman–Crippen LogP) is 3.51. The summed E-state index contributed by atoms with van der Waals surface area (Å²) in [4.78, 5) is 4.17. The highest BCUT2D eigenvalue weighted by atomic mass is 35.5. The molecular formula is C15H16ClFN2O2. The third kappa shape index (κ3) is 3.04. The fourth-order valence-corrected chi connectivity index (χ4v) is 2.78. The monoisotopic (exact) mass is 310 g/mol. The van der Waals surface area contributed by atoms with E-state index in [1.165, 1.54) is 12.3 Å². The number of rotatable bonds is 4. The van der Waals surface area contributed by atoms with E-state index in [9.17, 15) is 4.39 Å². The molecule has 1 aromatic carbocycles. The van der Waals surface area contributed by atoms with Crippen LogP contribution >= 0.6 is 11.6 Å². The maximum Gasteiger partial charge on any atom is 0.235 e. The first-order valence-electron chi connectivity index (χ1n) is 6.87. The fourth-order valence-electron chi connectivity index (χ4n) is 2.51. The van der Waals surface area contributed by atoms with Crippen LogP contribution < -0.4 is 10.1 Å². The molecule has 0 spiro atoms. The molecule has 0 radical (unpaired) electrons. The van der Waals surface area contributed by atoms with Crippen molar-refractivity contribution in [3.63, 3.8) is 0 Å². The highest BCUT2D eigenvalue weighted by Gasteiger charge is 2.32. The minimum Gasteiger partial charge on any atom is -0.479 e. The van der Waals surface area contributed by atoms with E-state index in [0.29, 0.717) is 22.2 Å². The number of oxazole rings is 1. The molecule has 21 heavy (non-hydrogen) atoms. The second-order valence-electron chi connectivity index (χ2n) is 5.19. The number of ether oxygens (including phenoxy) is 1. The number of hydrogen-bond acceptors (Lipinski definition) is 4. The van der Waals surface area contributed by atoms with E-state index in [0.717, 1.165) is 19.5 Å². The van der Waals surface area contributed by atoms with Crippen molar-refractivity contribution in [1.82, 2.24) is 10.3 Å². The summed E-state index contributed by atoms with van der Waals surface area (Å²) in [7, 11) is 0. The standard InChI is InChI=1S/C15H16ClFN2O2/c1-9-6-11(16)13(7-12(9)17)21-14(10-2-3-18-8-10)15-19-4-5-20-15/h4-7,10,14,18H,2-3,8H2,1H3. The Morgan fingerprint density at radius 2 is 2.38 bits per heavy atom. The predicted molar refractivity (Wildman–Crippen MR) is 77.0 cm³/mol. The van der Waals surface area contributed by atoms with Gasteiger partial charge in [0.05, 0.1) is 11.2 Å². The third-order valence-electron chi connectivity index (χ3n) is 3.69. The first kappa shape index (κ1) is 14.4. The molecule has 1 aromatic heterocycles. The van der Waals surface area contributed by atoms with Crippen molar-refractivity contribution in [2.75, 3.05) is 13.1 Å². The Morgan fingerprint density at radius 3 is 3.05 bits per heavy atom. The second-order valence-corrected chi connectivity index (χ2v) is 5.60. The number of aryl methyl sites for hydroxylation is 1. The van der Waals surface area contributed by atoms with Crippen molar-refractivity contribution in [3.8, 4) is 5.75 Å². The van der Waals surface area contributed by atoms with Gasteiger partial charge in [0.1, 0.15) is 17.8 Å². The smallest absolute Gasteiger partial charge is 0.235 e. The molecule has 1 fully saturated rings. The molecule has 1 aliphatic heterocycles. The van der Waals surface area contributed by atoms with Gasteiger partial charge in [-0.3, -0.25) is 0 Å². The minimum absolute atomic E-state index is 0.212. The van der Waals surface area contributed by atoms with Crippen LogP contribution in [0.1, 0.15) is 24.0 Å². The van der Waals surface area contributed by atoms with E-state index < -0.39 is 0 Å². The molecule has 2 aromatic rings. The summed E-state index contributed by atoms with van der Waals surface area (Å²) in [5, 5.41) is 3.66. The lowest BCUT2D eigenvalue weighted by Gasteiger charge is -2.22. The molecule has 1 N–H and O–H groups in total. The van der Waals surface area contributed by atoms with Gasteiger partial charge in [-0.15, -0.1) is 0 Å². The highest BCUT2D eigenvalue weighted by Crippen LogP contribution is 2.35. The first-order chi connectivity index (χ1) is 10.1. The van der Waals surface area contributed by atoms with Crippen molar-refractivity contribution in [2.45, 2.75) is 19.4 Å². The van der Waals surface area contributed by atoms with E-state index in [2.05, 4.69) is 10.3 Å². The summed E-state index contributed by atoms with van der Waals surface area (Å²) in [5.74, 6) is 0.671. The molecule has 2 atom stereocenters. The molecule has 0 amide bonds. The van der Waals surface area contributed by atoms with Crippen molar-refractivity contribution in [3.05, 3.63) is 46.9 Å². The maximum atomic E-state index is 13.7. The Hall–Kier alpha value is -1.59. The number of nitrogens with one attached hydrogen (secondary N) is 1. The third-order valence-corrected chi connectivity index (χ3v) is 3.98. The Balaban J connectivity index is 1.89. The average Bonchev–Trinajstić information content (AvgIpc) is 3.14. The van der Waals surface area contributed by atoms with Crippen molar-refractivity contribution in [2.24, 2.45) is 5.92 Å². The molecule has 112 valence electrons. The summed E-state index contributed by atoms with van der Waals surface area (Å²) in [6, 6.07) is 2.88. The van der Waals surface area contributed by atoms with Crippen LogP contribution in [-0.2, 0) is 0 Å². The normalized spacial score (nSPS) is 19.7. The zero-order valence-electron chi connectivity index (χ0n) is 11.6. The average molecular weight is 311 g/mol. The quantitative estimate of drug-likeness (QED) is 0.939. The zero-order valence-corrected chi connectivity index (χ0v) is 12.4. The summed E-state index contributed by atoms with van der Waals surface area (Å²) in [6.07, 6.45) is 3.64.